The van der Waals surface area contributed by atoms with Gasteiger partial charge in [-0.05, 0) is 24.1 Å². The number of amides is 1. The van der Waals surface area contributed by atoms with Crippen LogP contribution in [0.15, 0.2) is 24.3 Å². The van der Waals surface area contributed by atoms with Gasteiger partial charge in [0.05, 0.1) is 11.6 Å². The fraction of sp³-hybridized carbons (Fsp3) is 0.333. The molecule has 0 fully saturated rings. The minimum atomic E-state index is -0.187. The van der Waals surface area contributed by atoms with E-state index in [2.05, 4.69) is 11.4 Å². The van der Waals surface area contributed by atoms with Crippen molar-refractivity contribution in [2.24, 2.45) is 5.73 Å². The van der Waals surface area contributed by atoms with Crippen LogP contribution in [0.1, 0.15) is 17.5 Å². The molecule has 0 aliphatic carbocycles. The second kappa shape index (κ2) is 5.89. The van der Waals surface area contributed by atoms with Crippen molar-refractivity contribution < 1.29 is 4.79 Å². The first kappa shape index (κ1) is 12.2. The molecule has 1 amide bonds. The van der Waals surface area contributed by atoms with E-state index in [0.29, 0.717) is 18.4 Å². The highest BCUT2D eigenvalue weighted by Crippen LogP contribution is 2.06. The molecule has 0 saturated carbocycles. The first-order valence-electron chi connectivity index (χ1n) is 5.11. The van der Waals surface area contributed by atoms with Gasteiger partial charge in [0.2, 0.25) is 5.91 Å². The van der Waals surface area contributed by atoms with Crippen LogP contribution in [0.5, 0.6) is 0 Å². The third-order valence-corrected chi connectivity index (χ3v) is 2.31. The minimum Gasteiger partial charge on any atom is -0.359 e. The number of nitrogens with one attached hydrogen (secondary N) is 1. The highest BCUT2D eigenvalue weighted by molar-refractivity contribution is 5.76. The maximum atomic E-state index is 11.1. The molecular weight excluding hydrogens is 202 g/mol. The Morgan fingerprint density at radius 2 is 2.12 bits per heavy atom. The van der Waals surface area contributed by atoms with E-state index in [4.69, 9.17) is 11.0 Å². The smallest absolute Gasteiger partial charge is 0.221 e. The van der Waals surface area contributed by atoms with Crippen LogP contribution in [0.3, 0.4) is 0 Å². The molecule has 84 valence electrons. The predicted octanol–water partition coefficient (Wildman–Crippen LogP) is 0.564. The number of hydrogen-bond acceptors (Lipinski definition) is 3. The molecule has 0 radical (unpaired) electrons. The van der Waals surface area contributed by atoms with Crippen molar-refractivity contribution >= 4 is 5.91 Å². The van der Waals surface area contributed by atoms with Gasteiger partial charge in [0, 0.05) is 19.5 Å². The van der Waals surface area contributed by atoms with E-state index in [9.17, 15) is 4.79 Å². The quantitative estimate of drug-likeness (QED) is 0.773. The summed E-state index contributed by atoms with van der Waals surface area (Å²) < 4.78 is 0. The number of nitrogens with zero attached hydrogens (tertiary/aromatic N) is 1. The molecule has 1 rings (SSSR count). The Morgan fingerprint density at radius 3 is 2.62 bits per heavy atom. The van der Waals surface area contributed by atoms with Crippen molar-refractivity contribution in [3.8, 4) is 6.07 Å². The van der Waals surface area contributed by atoms with Gasteiger partial charge in [0.15, 0.2) is 0 Å². The molecule has 0 heterocycles. The van der Waals surface area contributed by atoms with Crippen molar-refractivity contribution in [2.45, 2.75) is 18.9 Å². The van der Waals surface area contributed by atoms with E-state index in [1.807, 2.05) is 12.1 Å². The van der Waals surface area contributed by atoms with Gasteiger partial charge in [0.25, 0.3) is 0 Å². The summed E-state index contributed by atoms with van der Waals surface area (Å²) in [4.78, 5) is 11.1. The fourth-order valence-corrected chi connectivity index (χ4v) is 1.43. The summed E-state index contributed by atoms with van der Waals surface area (Å²) in [5.74, 6) is -0.0545. The van der Waals surface area contributed by atoms with Crippen molar-refractivity contribution in [3.63, 3.8) is 0 Å². The van der Waals surface area contributed by atoms with Crippen LogP contribution in [-0.4, -0.2) is 19.0 Å². The summed E-state index contributed by atoms with van der Waals surface area (Å²) in [7, 11) is 1.59. The van der Waals surface area contributed by atoms with Gasteiger partial charge < -0.3 is 11.1 Å². The highest BCUT2D eigenvalue weighted by atomic mass is 16.1. The van der Waals surface area contributed by atoms with Crippen molar-refractivity contribution in [1.82, 2.24) is 5.32 Å². The largest absolute Gasteiger partial charge is 0.359 e. The SMILES string of the molecule is CNC(=O)CC(N)Cc1ccc(C#N)cc1. The second-order valence-corrected chi connectivity index (χ2v) is 3.65. The van der Waals surface area contributed by atoms with Crippen molar-refractivity contribution in [1.29, 1.82) is 5.26 Å². The van der Waals surface area contributed by atoms with Crippen LogP contribution in [0.2, 0.25) is 0 Å². The number of nitriles is 1. The standard InChI is InChI=1S/C12H15N3O/c1-15-12(16)7-11(14)6-9-2-4-10(8-13)5-3-9/h2-5,11H,6-7,14H2,1H3,(H,15,16). The Hall–Kier alpha value is -1.86. The van der Waals surface area contributed by atoms with Crippen LogP contribution in [0, 0.1) is 11.3 Å². The van der Waals surface area contributed by atoms with Gasteiger partial charge in [-0.25, -0.2) is 0 Å². The van der Waals surface area contributed by atoms with E-state index >= 15 is 0 Å². The maximum absolute atomic E-state index is 11.1. The van der Waals surface area contributed by atoms with Crippen LogP contribution < -0.4 is 11.1 Å². The van der Waals surface area contributed by atoms with Gasteiger partial charge in [-0.15, -0.1) is 0 Å². The van der Waals surface area contributed by atoms with Crippen LogP contribution in [-0.2, 0) is 11.2 Å². The topological polar surface area (TPSA) is 78.9 Å². The maximum Gasteiger partial charge on any atom is 0.221 e. The summed E-state index contributed by atoms with van der Waals surface area (Å²) in [6, 6.07) is 9.10. The van der Waals surface area contributed by atoms with E-state index in [1.54, 1.807) is 19.2 Å². The van der Waals surface area contributed by atoms with Crippen molar-refractivity contribution in [2.75, 3.05) is 7.05 Å². The monoisotopic (exact) mass is 217 g/mol. The zero-order valence-corrected chi connectivity index (χ0v) is 9.23. The average Bonchev–Trinajstić information content (AvgIpc) is 2.29. The van der Waals surface area contributed by atoms with Gasteiger partial charge >= 0.3 is 0 Å². The lowest BCUT2D eigenvalue weighted by molar-refractivity contribution is -0.120. The lowest BCUT2D eigenvalue weighted by atomic mass is 10.0. The molecule has 0 spiro atoms. The Bertz CT molecular complexity index is 392. The van der Waals surface area contributed by atoms with Crippen LogP contribution in [0.4, 0.5) is 0 Å². The molecule has 0 aliphatic rings. The molecule has 0 aliphatic heterocycles. The molecule has 0 saturated heterocycles. The Labute approximate surface area is 95.1 Å². The zero-order chi connectivity index (χ0) is 12.0. The Kier molecular flexibility index (Phi) is 4.49. The summed E-state index contributed by atoms with van der Waals surface area (Å²) in [5, 5.41) is 11.2. The first-order chi connectivity index (χ1) is 7.65. The Morgan fingerprint density at radius 1 is 1.50 bits per heavy atom. The van der Waals surface area contributed by atoms with Crippen LogP contribution in [0.25, 0.3) is 0 Å². The molecule has 1 aromatic carbocycles. The number of rotatable bonds is 4. The summed E-state index contributed by atoms with van der Waals surface area (Å²) in [6.45, 7) is 0. The lowest BCUT2D eigenvalue weighted by Gasteiger charge is -2.10. The van der Waals surface area contributed by atoms with Crippen molar-refractivity contribution in [3.05, 3.63) is 35.4 Å². The molecule has 0 bridgehead atoms. The van der Waals surface area contributed by atoms with Gasteiger partial charge in [-0.3, -0.25) is 4.79 Å². The molecule has 3 N–H and O–H groups in total. The lowest BCUT2D eigenvalue weighted by Crippen LogP contribution is -2.31. The first-order valence-corrected chi connectivity index (χ1v) is 5.11. The third kappa shape index (κ3) is 3.71. The van der Waals surface area contributed by atoms with Gasteiger partial charge in [-0.2, -0.15) is 5.26 Å². The van der Waals surface area contributed by atoms with E-state index < -0.39 is 0 Å². The molecular formula is C12H15N3O. The third-order valence-electron chi connectivity index (χ3n) is 2.31. The summed E-state index contributed by atoms with van der Waals surface area (Å²) in [5.41, 5.74) is 7.49. The summed E-state index contributed by atoms with van der Waals surface area (Å²) >= 11 is 0. The molecule has 1 unspecified atom stereocenters. The second-order valence-electron chi connectivity index (χ2n) is 3.65. The van der Waals surface area contributed by atoms with Gasteiger partial charge in [0.1, 0.15) is 0 Å². The normalized spacial score (nSPS) is 11.6. The van der Waals surface area contributed by atoms with E-state index in [-0.39, 0.29) is 11.9 Å². The molecule has 1 aromatic rings. The number of nitrogens with two attached hydrogens (primary N) is 1. The van der Waals surface area contributed by atoms with Crippen LogP contribution >= 0.6 is 0 Å². The average molecular weight is 217 g/mol. The Balaban J connectivity index is 2.53. The predicted molar refractivity (Wildman–Crippen MR) is 61.5 cm³/mol. The van der Waals surface area contributed by atoms with Gasteiger partial charge in [-0.1, -0.05) is 12.1 Å². The molecule has 16 heavy (non-hydrogen) atoms. The minimum absolute atomic E-state index is 0.0545. The molecule has 4 heteroatoms. The van der Waals surface area contributed by atoms with E-state index in [0.717, 1.165) is 5.56 Å². The zero-order valence-electron chi connectivity index (χ0n) is 9.23. The highest BCUT2D eigenvalue weighted by Gasteiger charge is 2.08. The summed E-state index contributed by atoms with van der Waals surface area (Å²) in [6.07, 6.45) is 0.954. The molecule has 0 aromatic heterocycles. The number of benzene rings is 1. The molecule has 4 nitrogen and oxygen atoms in total. The van der Waals surface area contributed by atoms with E-state index in [1.165, 1.54) is 0 Å². The fourth-order valence-electron chi connectivity index (χ4n) is 1.43. The molecule has 1 atom stereocenters. The number of carbonyl (C=O) groups is 1. The number of hydrogen-bond donors (Lipinski definition) is 2. The number of carbonyl (C=O) groups excluding carboxylic acids is 1.